The normalized spacial score (nSPS) is 12.6. The third-order valence-corrected chi connectivity index (χ3v) is 5.77. The van der Waals surface area contributed by atoms with Crippen LogP contribution >= 0.6 is 12.0 Å². The highest BCUT2D eigenvalue weighted by atomic mass is 32.2. The van der Waals surface area contributed by atoms with Crippen molar-refractivity contribution in [2.24, 2.45) is 5.41 Å². The highest BCUT2D eigenvalue weighted by Gasteiger charge is 2.31. The molecule has 1 rings (SSSR count). The number of benzene rings is 1. The lowest BCUT2D eigenvalue weighted by Gasteiger charge is -2.25. The molecule has 0 aliphatic carbocycles. The highest BCUT2D eigenvalue weighted by Crippen LogP contribution is 2.24. The maximum atomic E-state index is 12.8. The van der Waals surface area contributed by atoms with Crippen LogP contribution in [0, 0.1) is 17.3 Å². The van der Waals surface area contributed by atoms with Gasteiger partial charge >= 0.3 is 5.97 Å². The molecule has 0 spiro atoms. The Hall–Kier alpha value is -1.73. The number of nitrogens with one attached hydrogen (secondary N) is 1. The van der Waals surface area contributed by atoms with Crippen molar-refractivity contribution >= 4 is 28.0 Å². The number of aliphatic hydroxyl groups is 1. The van der Waals surface area contributed by atoms with Crippen molar-refractivity contribution in [2.75, 3.05) is 19.0 Å². The fourth-order valence-electron chi connectivity index (χ4n) is 2.23. The number of ether oxygens (including phenoxy) is 1. The summed E-state index contributed by atoms with van der Waals surface area (Å²) in [4.78, 5) is 12.4. The van der Waals surface area contributed by atoms with Crippen molar-refractivity contribution in [1.82, 2.24) is 4.72 Å². The summed E-state index contributed by atoms with van der Waals surface area (Å²) in [6.07, 6.45) is 0.744. The van der Waals surface area contributed by atoms with Crippen LogP contribution in [-0.2, 0) is 19.0 Å². The van der Waals surface area contributed by atoms with E-state index in [1.165, 1.54) is 24.3 Å². The first-order valence-electron chi connectivity index (χ1n) is 9.18. The van der Waals surface area contributed by atoms with Gasteiger partial charge in [0.2, 0.25) is 10.0 Å². The number of hydrogen-bond acceptors (Lipinski definition) is 7. The van der Waals surface area contributed by atoms with Crippen molar-refractivity contribution in [3.05, 3.63) is 24.3 Å². The molecule has 0 aliphatic rings. The second-order valence-corrected chi connectivity index (χ2v) is 9.95. The molecule has 1 aromatic rings. The Bertz CT molecular complexity index is 804. The average molecular weight is 444 g/mol. The second-order valence-electron chi connectivity index (χ2n) is 7.43. The van der Waals surface area contributed by atoms with Crippen molar-refractivity contribution in [3.8, 4) is 17.6 Å². The van der Waals surface area contributed by atoms with Crippen molar-refractivity contribution in [2.45, 2.75) is 51.5 Å². The van der Waals surface area contributed by atoms with Gasteiger partial charge in [-0.3, -0.25) is 0 Å². The molecule has 162 valence electrons. The lowest BCUT2D eigenvalue weighted by Crippen LogP contribution is -2.43. The highest BCUT2D eigenvalue weighted by molar-refractivity contribution is 7.95. The number of hydrogen-bond donors (Lipinski definition) is 2. The number of carbonyl (C=O) groups excluding carboxylic acids is 1. The predicted molar refractivity (Wildman–Crippen MR) is 114 cm³/mol. The van der Waals surface area contributed by atoms with Crippen LogP contribution in [0.2, 0.25) is 0 Å². The summed E-state index contributed by atoms with van der Waals surface area (Å²) in [6.45, 7) is 7.64. The van der Waals surface area contributed by atoms with E-state index < -0.39 is 22.0 Å². The third kappa shape index (κ3) is 10.0. The summed E-state index contributed by atoms with van der Waals surface area (Å²) in [6, 6.07) is 4.86. The van der Waals surface area contributed by atoms with Crippen molar-refractivity contribution in [3.63, 3.8) is 0 Å². The molecular formula is C20H29NO6S2. The van der Waals surface area contributed by atoms with E-state index in [1.807, 2.05) is 20.8 Å². The van der Waals surface area contributed by atoms with Crippen LogP contribution in [0.1, 0.15) is 40.5 Å². The molecule has 0 aliphatic heterocycles. The molecule has 0 bridgehead atoms. The van der Waals surface area contributed by atoms with Gasteiger partial charge in [0.05, 0.1) is 16.9 Å². The van der Waals surface area contributed by atoms with Crippen LogP contribution in [-0.4, -0.2) is 44.5 Å². The molecule has 0 saturated carbocycles. The van der Waals surface area contributed by atoms with Crippen molar-refractivity contribution < 1.29 is 27.2 Å². The fraction of sp³-hybridized carbons (Fsp3) is 0.550. The maximum absolute atomic E-state index is 12.8. The number of sulfonamides is 1. The molecule has 0 fully saturated rings. The van der Waals surface area contributed by atoms with Crippen molar-refractivity contribution in [1.29, 1.82) is 0 Å². The molecule has 0 heterocycles. The summed E-state index contributed by atoms with van der Waals surface area (Å²) in [5, 5.41) is 8.79. The quantitative estimate of drug-likeness (QED) is 0.308. The smallest absolute Gasteiger partial charge is 0.336 e. The van der Waals surface area contributed by atoms with E-state index in [1.54, 1.807) is 6.92 Å². The van der Waals surface area contributed by atoms with E-state index in [0.717, 1.165) is 12.0 Å². The van der Waals surface area contributed by atoms with Gasteiger partial charge in [0.25, 0.3) is 0 Å². The summed E-state index contributed by atoms with van der Waals surface area (Å²) in [7, 11) is -3.94. The topological polar surface area (TPSA) is 102 Å². The van der Waals surface area contributed by atoms with E-state index in [0.29, 0.717) is 17.9 Å². The van der Waals surface area contributed by atoms with Crippen LogP contribution in [0.15, 0.2) is 29.2 Å². The Balaban J connectivity index is 2.88. The zero-order valence-corrected chi connectivity index (χ0v) is 18.9. The van der Waals surface area contributed by atoms with Crippen LogP contribution in [0.4, 0.5) is 0 Å². The molecule has 0 unspecified atom stereocenters. The zero-order chi connectivity index (χ0) is 21.9. The number of carbonyl (C=O) groups is 1. The first-order chi connectivity index (χ1) is 13.6. The summed E-state index contributed by atoms with van der Waals surface area (Å²) in [5.41, 5.74) is -0.306. The lowest BCUT2D eigenvalue weighted by atomic mass is 9.88. The summed E-state index contributed by atoms with van der Waals surface area (Å²) < 4.78 is 38.5. The van der Waals surface area contributed by atoms with Gasteiger partial charge < -0.3 is 14.0 Å². The second kappa shape index (κ2) is 12.1. The summed E-state index contributed by atoms with van der Waals surface area (Å²) in [5.74, 6) is 5.73. The SMILES string of the molecule is CC#CCOc1ccc(S(=O)(=O)N[C@@H](CC(C)(C)C)C(=O)OSCCCO)cc1. The molecule has 29 heavy (non-hydrogen) atoms. The Morgan fingerprint density at radius 3 is 2.48 bits per heavy atom. The molecule has 0 amide bonds. The Labute approximate surface area is 177 Å². The van der Waals surface area contributed by atoms with Gasteiger partial charge in [-0.1, -0.05) is 26.7 Å². The monoisotopic (exact) mass is 443 g/mol. The van der Waals surface area contributed by atoms with E-state index in [4.69, 9.17) is 14.0 Å². The molecule has 9 heteroatoms. The van der Waals surface area contributed by atoms with Gasteiger partial charge in [0.1, 0.15) is 18.4 Å². The zero-order valence-electron chi connectivity index (χ0n) is 17.2. The molecular weight excluding hydrogens is 414 g/mol. The molecule has 1 aromatic carbocycles. The van der Waals surface area contributed by atoms with Crippen LogP contribution in [0.3, 0.4) is 0 Å². The van der Waals surface area contributed by atoms with Gasteiger partial charge in [-0.05, 0) is 49.4 Å². The number of rotatable bonds is 11. The predicted octanol–water partition coefficient (Wildman–Crippen LogP) is 2.75. The average Bonchev–Trinajstić information content (AvgIpc) is 2.64. The van der Waals surface area contributed by atoms with Gasteiger partial charge in [-0.2, -0.15) is 4.72 Å². The van der Waals surface area contributed by atoms with Gasteiger partial charge in [0, 0.05) is 12.4 Å². The first-order valence-corrected chi connectivity index (χ1v) is 11.6. The number of aliphatic hydroxyl groups excluding tert-OH is 1. The Morgan fingerprint density at radius 1 is 1.28 bits per heavy atom. The van der Waals surface area contributed by atoms with Crippen LogP contribution in [0.5, 0.6) is 5.75 Å². The molecule has 2 N–H and O–H groups in total. The van der Waals surface area contributed by atoms with E-state index in [9.17, 15) is 13.2 Å². The minimum absolute atomic E-state index is 0.00662. The standard InChI is InChI=1S/C20H29NO6S2/c1-5-6-13-26-16-8-10-17(11-9-16)29(24,25)21-18(15-20(2,3)4)19(23)27-28-14-7-12-22/h8-11,18,21-22H,7,12-15H2,1-4H3/t18-/m0/s1. The van der Waals surface area contributed by atoms with E-state index >= 15 is 0 Å². The Kier molecular flexibility index (Phi) is 10.5. The molecule has 7 nitrogen and oxygen atoms in total. The molecule has 0 radical (unpaired) electrons. The van der Waals surface area contributed by atoms with E-state index in [-0.39, 0.29) is 29.9 Å². The van der Waals surface area contributed by atoms with E-state index in [2.05, 4.69) is 16.6 Å². The fourth-order valence-corrected chi connectivity index (χ4v) is 3.98. The lowest BCUT2D eigenvalue weighted by molar-refractivity contribution is -0.135. The molecule has 0 saturated heterocycles. The van der Waals surface area contributed by atoms with Gasteiger partial charge in [0.15, 0.2) is 0 Å². The largest absolute Gasteiger partial charge is 0.481 e. The van der Waals surface area contributed by atoms with Gasteiger partial charge in [-0.25, -0.2) is 13.2 Å². The van der Waals surface area contributed by atoms with Gasteiger partial charge in [-0.15, -0.1) is 5.92 Å². The molecule has 1 atom stereocenters. The van der Waals surface area contributed by atoms with Crippen LogP contribution < -0.4 is 9.46 Å². The van der Waals surface area contributed by atoms with Crippen LogP contribution in [0.25, 0.3) is 0 Å². The first kappa shape index (κ1) is 25.3. The maximum Gasteiger partial charge on any atom is 0.336 e. The molecule has 0 aromatic heterocycles. The Morgan fingerprint density at radius 2 is 1.93 bits per heavy atom. The summed E-state index contributed by atoms with van der Waals surface area (Å²) >= 11 is 0.901. The minimum Gasteiger partial charge on any atom is -0.481 e. The minimum atomic E-state index is -3.94. The third-order valence-electron chi connectivity index (χ3n) is 3.55.